The zero-order valence-electron chi connectivity index (χ0n) is 7.49. The molecule has 0 aromatic rings. The van der Waals surface area contributed by atoms with Crippen LogP contribution in [0.4, 0.5) is 0 Å². The van der Waals surface area contributed by atoms with Crippen molar-refractivity contribution < 1.29 is 13.2 Å². The number of nitrogens with one attached hydrogen (secondary N) is 1. The van der Waals surface area contributed by atoms with Gasteiger partial charge in [-0.3, -0.25) is 4.79 Å². The Bertz CT molecular complexity index is 251. The number of nitrogens with zero attached hydrogens (tertiary/aromatic N) is 1. The van der Waals surface area contributed by atoms with Gasteiger partial charge in [0.1, 0.15) is 0 Å². The third-order valence-corrected chi connectivity index (χ3v) is 3.30. The van der Waals surface area contributed by atoms with Gasteiger partial charge in [0, 0.05) is 6.54 Å². The Labute approximate surface area is 80.8 Å². The fourth-order valence-corrected chi connectivity index (χ4v) is 1.68. The van der Waals surface area contributed by atoms with Gasteiger partial charge in [0.05, 0.1) is 12.8 Å². The van der Waals surface area contributed by atoms with Crippen molar-refractivity contribution in [1.82, 2.24) is 8.61 Å². The summed E-state index contributed by atoms with van der Waals surface area (Å²) in [5.41, 5.74) is 0. The van der Waals surface area contributed by atoms with E-state index in [1.54, 1.807) is 6.92 Å². The summed E-state index contributed by atoms with van der Waals surface area (Å²) in [7, 11) is -3.23. The lowest BCUT2D eigenvalue weighted by molar-refractivity contribution is -0.119. The lowest BCUT2D eigenvalue weighted by atomic mass is 10.6. The van der Waals surface area contributed by atoms with Crippen molar-refractivity contribution in [3.8, 4) is 0 Å². The minimum atomic E-state index is -3.23. The molecule has 1 N–H and O–H groups in total. The van der Waals surface area contributed by atoms with Crippen molar-refractivity contribution in [3.63, 3.8) is 0 Å². The third-order valence-electron chi connectivity index (χ3n) is 1.42. The molecule has 0 aromatic carbocycles. The second-order valence-electron chi connectivity index (χ2n) is 2.36. The van der Waals surface area contributed by atoms with Crippen LogP contribution in [0.5, 0.6) is 0 Å². The van der Waals surface area contributed by atoms with E-state index < -0.39 is 10.0 Å². The quantitative estimate of drug-likeness (QED) is 0.540. The maximum Gasteiger partial charge on any atom is 0.364 e. The van der Waals surface area contributed by atoms with E-state index in [-0.39, 0.29) is 12.5 Å². The summed E-state index contributed by atoms with van der Waals surface area (Å²) < 4.78 is 25.6. The van der Waals surface area contributed by atoms with E-state index in [0.717, 1.165) is 10.6 Å². The summed E-state index contributed by atoms with van der Waals surface area (Å²) in [6.07, 6.45) is 1.09. The number of sulfonamides is 1. The van der Waals surface area contributed by atoms with Crippen LogP contribution in [0.1, 0.15) is 6.92 Å². The first-order valence-electron chi connectivity index (χ1n) is 3.57. The minimum absolute atomic E-state index is 0.0706. The minimum Gasteiger partial charge on any atom is -0.451 e. The number of amides is 1. The van der Waals surface area contributed by atoms with Crippen LogP contribution >= 0.6 is 0 Å². The van der Waals surface area contributed by atoms with Gasteiger partial charge in [-0.15, -0.1) is 0 Å². The van der Waals surface area contributed by atoms with Crippen molar-refractivity contribution in [2.75, 3.05) is 19.3 Å². The van der Waals surface area contributed by atoms with Gasteiger partial charge < -0.3 is 4.30 Å². The summed E-state index contributed by atoms with van der Waals surface area (Å²) in [6, 6.07) is 0. The van der Waals surface area contributed by atoms with E-state index in [1.807, 2.05) is 0 Å². The second kappa shape index (κ2) is 4.82. The van der Waals surface area contributed by atoms with E-state index in [0.29, 0.717) is 23.1 Å². The number of rotatable bonds is 4. The molecule has 0 aliphatic rings. The summed E-state index contributed by atoms with van der Waals surface area (Å²) >= 11 is 0.547. The molecule has 12 heavy (non-hydrogen) atoms. The van der Waals surface area contributed by atoms with E-state index in [1.165, 1.54) is 0 Å². The molecule has 5 nitrogen and oxygen atoms in total. The van der Waals surface area contributed by atoms with E-state index in [2.05, 4.69) is 4.30 Å². The number of hydrogen-bond donors (Lipinski definition) is 1. The van der Waals surface area contributed by atoms with Crippen molar-refractivity contribution in [2.24, 2.45) is 0 Å². The Morgan fingerprint density at radius 1 is 1.58 bits per heavy atom. The maximum absolute atomic E-state index is 11.0. The third kappa shape index (κ3) is 4.07. The topological polar surface area (TPSA) is 66.5 Å². The molecule has 0 aliphatic heterocycles. The average molecular weight is 208 g/mol. The highest BCUT2D eigenvalue weighted by molar-refractivity contribution is 7.88. The zero-order valence-corrected chi connectivity index (χ0v) is 10.3. The summed E-state index contributed by atoms with van der Waals surface area (Å²) in [5, 5.41) is 0. The lowest BCUT2D eigenvalue weighted by Gasteiger charge is -2.16. The fraction of sp³-hybridized carbons (Fsp3) is 0.800. The molecule has 0 radical (unpaired) electrons. The van der Waals surface area contributed by atoms with Gasteiger partial charge >= 0.3 is 16.5 Å². The van der Waals surface area contributed by atoms with E-state index in [9.17, 15) is 13.2 Å². The van der Waals surface area contributed by atoms with Crippen molar-refractivity contribution in [3.05, 3.63) is 0 Å². The molecule has 0 bridgehead atoms. The molecule has 0 saturated heterocycles. The van der Waals surface area contributed by atoms with Gasteiger partial charge in [0.15, 0.2) is 0 Å². The second-order valence-corrected chi connectivity index (χ2v) is 4.84. The average Bonchev–Trinajstić information content (AvgIpc) is 1.97. The van der Waals surface area contributed by atoms with Crippen LogP contribution in [0.3, 0.4) is 0 Å². The number of carbonyl (C=O) groups excluding carboxylic acids is 1. The smallest absolute Gasteiger partial charge is 0.364 e. The van der Waals surface area contributed by atoms with Gasteiger partial charge in [-0.05, 0) is 0 Å². The lowest BCUT2D eigenvalue weighted by Crippen LogP contribution is -2.39. The first-order valence-corrected chi connectivity index (χ1v) is 6.42. The molecule has 0 unspecified atom stereocenters. The summed E-state index contributed by atoms with van der Waals surface area (Å²) in [6.45, 7) is 1.95. The highest BCUT2D eigenvalue weighted by Crippen LogP contribution is 1.95. The molecule has 0 spiro atoms. The molecule has 0 aliphatic carbocycles. The summed E-state index contributed by atoms with van der Waals surface area (Å²) in [5.74, 6) is -0.242. The predicted octanol–water partition coefficient (Wildman–Crippen LogP) is -2.07. The maximum atomic E-state index is 11.0. The standard InChI is InChI=1S/C5H12N2O3S.Al.2H/c1-3-7(4-5(6)8)11(2,9)10;;;/h3-4H2,1-2H3,(H2,6,8);;;/q;+1;;/p-1. The first kappa shape index (κ1) is 11.9. The highest BCUT2D eigenvalue weighted by Gasteiger charge is 2.16. The zero-order chi connectivity index (χ0) is 9.78. The molecule has 0 rings (SSSR count). The molecule has 0 heterocycles. The SMILES string of the molecule is CCN(CC(=O)[NH][AlH2])S(C)(=O)=O. The Kier molecular flexibility index (Phi) is 4.79. The van der Waals surface area contributed by atoms with Crippen molar-refractivity contribution in [1.29, 1.82) is 0 Å². The van der Waals surface area contributed by atoms with Gasteiger partial charge in [-0.25, -0.2) is 8.42 Å². The van der Waals surface area contributed by atoms with Crippen LogP contribution < -0.4 is 4.30 Å². The van der Waals surface area contributed by atoms with E-state index in [4.69, 9.17) is 0 Å². The van der Waals surface area contributed by atoms with Crippen LogP contribution in [0.15, 0.2) is 0 Å². The molecular weight excluding hydrogens is 195 g/mol. The molecule has 0 fully saturated rings. The first-order chi connectivity index (χ1) is 5.41. The van der Waals surface area contributed by atoms with Crippen molar-refractivity contribution >= 4 is 32.4 Å². The van der Waals surface area contributed by atoms with Crippen LogP contribution in [0.25, 0.3) is 0 Å². The van der Waals surface area contributed by atoms with Crippen LogP contribution in [0.2, 0.25) is 0 Å². The number of carbonyl (C=O) groups is 1. The predicted molar refractivity (Wildman–Crippen MR) is 48.8 cm³/mol. The van der Waals surface area contributed by atoms with E-state index >= 15 is 0 Å². The molecule has 0 saturated carbocycles. The number of likely N-dealkylation sites (N-methyl/N-ethyl adjacent to an activating group) is 1. The fourth-order valence-electron chi connectivity index (χ4n) is 0.703. The van der Waals surface area contributed by atoms with Gasteiger partial charge in [-0.2, -0.15) is 4.31 Å². The normalized spacial score (nSPS) is 11.6. The largest absolute Gasteiger partial charge is 0.451 e. The molecule has 70 valence electrons. The Balaban J connectivity index is 4.30. The molecule has 1 amide bonds. The Morgan fingerprint density at radius 3 is 2.33 bits per heavy atom. The van der Waals surface area contributed by atoms with Crippen LogP contribution in [-0.2, 0) is 14.8 Å². The van der Waals surface area contributed by atoms with Gasteiger partial charge in [-0.1, -0.05) is 6.92 Å². The molecule has 0 atom stereocenters. The van der Waals surface area contributed by atoms with Gasteiger partial charge in [0.25, 0.3) is 0 Å². The summed E-state index contributed by atoms with van der Waals surface area (Å²) in [4.78, 5) is 10.8. The van der Waals surface area contributed by atoms with Crippen LogP contribution in [-0.4, -0.2) is 54.5 Å². The van der Waals surface area contributed by atoms with Crippen LogP contribution in [0, 0.1) is 0 Å². The molecule has 0 aromatic heterocycles. The molecule has 7 heteroatoms. The highest BCUT2D eigenvalue weighted by atomic mass is 32.2. The monoisotopic (exact) mass is 208 g/mol. The molecular formula is C5H13AlN2O3S. The van der Waals surface area contributed by atoms with Gasteiger partial charge in [0.2, 0.25) is 15.9 Å². The Morgan fingerprint density at radius 2 is 2.08 bits per heavy atom. The Hall–Kier alpha value is -0.0875. The number of hydrogen-bond acceptors (Lipinski definition) is 3. The van der Waals surface area contributed by atoms with Crippen molar-refractivity contribution in [2.45, 2.75) is 6.92 Å².